The number of benzene rings is 2. The van der Waals surface area contributed by atoms with Crippen molar-refractivity contribution in [3.8, 4) is 0 Å². The zero-order valence-corrected chi connectivity index (χ0v) is 16.7. The van der Waals surface area contributed by atoms with Crippen LogP contribution in [0.2, 0.25) is 0 Å². The third kappa shape index (κ3) is 3.97. The van der Waals surface area contributed by atoms with E-state index in [1.54, 1.807) is 23.6 Å². The van der Waals surface area contributed by atoms with Crippen LogP contribution in [0.4, 0.5) is 11.6 Å². The third-order valence-corrected chi connectivity index (χ3v) is 6.88. The number of nitrogens with one attached hydrogen (secondary N) is 2. The number of aryl methyl sites for hydroxylation is 1. The molecule has 142 valence electrons. The predicted octanol–water partition coefficient (Wildman–Crippen LogP) is 4.41. The van der Waals surface area contributed by atoms with Crippen LogP contribution in [0.5, 0.6) is 0 Å². The molecular weight excluding hydrogens is 392 g/mol. The number of aromatic nitrogens is 2. The third-order valence-electron chi connectivity index (χ3n) is 4.14. The van der Waals surface area contributed by atoms with Crippen molar-refractivity contribution in [3.05, 3.63) is 77.2 Å². The lowest BCUT2D eigenvalue weighted by atomic mass is 10.1. The first-order valence-corrected chi connectivity index (χ1v) is 11.0. The molecule has 0 radical (unpaired) electrons. The molecule has 0 fully saturated rings. The van der Waals surface area contributed by atoms with E-state index in [2.05, 4.69) is 20.0 Å². The molecule has 4 rings (SSSR count). The normalized spacial score (nSPS) is 11.5. The zero-order chi connectivity index (χ0) is 19.6. The van der Waals surface area contributed by atoms with Crippen molar-refractivity contribution in [1.82, 2.24) is 9.97 Å². The predicted molar refractivity (Wildman–Crippen MR) is 113 cm³/mol. The van der Waals surface area contributed by atoms with E-state index in [1.165, 1.54) is 5.56 Å². The minimum atomic E-state index is -3.72. The van der Waals surface area contributed by atoms with Gasteiger partial charge >= 0.3 is 0 Å². The first-order valence-electron chi connectivity index (χ1n) is 8.64. The molecule has 0 aliphatic heterocycles. The Morgan fingerprint density at radius 2 is 1.57 bits per heavy atom. The number of fused-ring (bicyclic) bond motifs is 1. The summed E-state index contributed by atoms with van der Waals surface area (Å²) >= 11 is 1.15. The van der Waals surface area contributed by atoms with Crippen molar-refractivity contribution in [2.75, 3.05) is 10.0 Å². The Balaban J connectivity index is 1.69. The molecule has 0 atom stereocenters. The summed E-state index contributed by atoms with van der Waals surface area (Å²) in [6.07, 6.45) is 0. The van der Waals surface area contributed by atoms with Gasteiger partial charge in [-0.3, -0.25) is 4.72 Å². The van der Waals surface area contributed by atoms with E-state index in [0.717, 1.165) is 16.9 Å². The van der Waals surface area contributed by atoms with Crippen LogP contribution in [0, 0.1) is 6.92 Å². The van der Waals surface area contributed by atoms with Crippen LogP contribution in [0.1, 0.15) is 11.1 Å². The SMILES string of the molecule is Cc1ccc(CNc2nc3ccccc3nc2NS(=O)(=O)c2cccs2)cc1. The van der Waals surface area contributed by atoms with Crippen LogP contribution in [-0.4, -0.2) is 18.4 Å². The molecular formula is C20H18N4O2S2. The molecule has 8 heteroatoms. The molecule has 0 aliphatic rings. The summed E-state index contributed by atoms with van der Waals surface area (Å²) in [5.41, 5.74) is 3.55. The summed E-state index contributed by atoms with van der Waals surface area (Å²) < 4.78 is 28.1. The van der Waals surface area contributed by atoms with Crippen molar-refractivity contribution in [3.63, 3.8) is 0 Å². The Bertz CT molecular complexity index is 1200. The molecule has 0 spiro atoms. The molecule has 2 N–H and O–H groups in total. The molecule has 0 unspecified atom stereocenters. The first kappa shape index (κ1) is 18.4. The Morgan fingerprint density at radius 1 is 0.893 bits per heavy atom. The van der Waals surface area contributed by atoms with E-state index < -0.39 is 10.0 Å². The first-order chi connectivity index (χ1) is 13.5. The quantitative estimate of drug-likeness (QED) is 0.492. The van der Waals surface area contributed by atoms with Gasteiger partial charge in [0, 0.05) is 6.54 Å². The molecule has 6 nitrogen and oxygen atoms in total. The van der Waals surface area contributed by atoms with Crippen LogP contribution in [0.15, 0.2) is 70.3 Å². The molecule has 0 bridgehead atoms. The van der Waals surface area contributed by atoms with Gasteiger partial charge in [-0.15, -0.1) is 11.3 Å². The van der Waals surface area contributed by atoms with Gasteiger partial charge in [-0.05, 0) is 36.1 Å². The second kappa shape index (κ2) is 7.57. The number of rotatable bonds is 6. The van der Waals surface area contributed by atoms with E-state index in [0.29, 0.717) is 23.4 Å². The van der Waals surface area contributed by atoms with Crippen molar-refractivity contribution in [2.45, 2.75) is 17.7 Å². The summed E-state index contributed by atoms with van der Waals surface area (Å²) in [6, 6.07) is 18.7. The Morgan fingerprint density at radius 3 is 2.21 bits per heavy atom. The van der Waals surface area contributed by atoms with E-state index in [9.17, 15) is 8.42 Å². The Labute approximate surface area is 167 Å². The summed E-state index contributed by atoms with van der Waals surface area (Å²) in [7, 11) is -3.72. The molecule has 2 aromatic carbocycles. The van der Waals surface area contributed by atoms with E-state index >= 15 is 0 Å². The van der Waals surface area contributed by atoms with Gasteiger partial charge in [0.25, 0.3) is 10.0 Å². The van der Waals surface area contributed by atoms with Crippen molar-refractivity contribution in [2.24, 2.45) is 0 Å². The monoisotopic (exact) mass is 410 g/mol. The molecule has 2 aromatic heterocycles. The minimum Gasteiger partial charge on any atom is -0.363 e. The van der Waals surface area contributed by atoms with Gasteiger partial charge in [0.05, 0.1) is 11.0 Å². The average molecular weight is 411 g/mol. The molecule has 2 heterocycles. The van der Waals surface area contributed by atoms with Crippen LogP contribution in [-0.2, 0) is 16.6 Å². The highest BCUT2D eigenvalue weighted by Gasteiger charge is 2.19. The summed E-state index contributed by atoms with van der Waals surface area (Å²) in [6.45, 7) is 2.53. The van der Waals surface area contributed by atoms with Crippen molar-refractivity contribution in [1.29, 1.82) is 0 Å². The molecule has 0 aliphatic carbocycles. The largest absolute Gasteiger partial charge is 0.363 e. The molecule has 4 aromatic rings. The van der Waals surface area contributed by atoms with Gasteiger partial charge in [0.15, 0.2) is 11.6 Å². The lowest BCUT2D eigenvalue weighted by Gasteiger charge is -2.13. The van der Waals surface area contributed by atoms with Crippen LogP contribution < -0.4 is 10.0 Å². The van der Waals surface area contributed by atoms with Gasteiger partial charge in [-0.2, -0.15) is 0 Å². The Hall–Kier alpha value is -2.97. The number of hydrogen-bond acceptors (Lipinski definition) is 6. The standard InChI is InChI=1S/C20H18N4O2S2/c1-14-8-10-15(11-9-14)13-21-19-20(23-17-6-3-2-5-16(17)22-19)24-28(25,26)18-7-4-12-27-18/h2-12H,13H2,1H3,(H,21,22)(H,23,24). The van der Waals surface area contributed by atoms with Crippen molar-refractivity contribution >= 4 is 44.0 Å². The maximum atomic E-state index is 12.7. The number of hydrogen-bond donors (Lipinski definition) is 2. The number of sulfonamides is 1. The number of nitrogens with zero attached hydrogens (tertiary/aromatic N) is 2. The van der Waals surface area contributed by atoms with Gasteiger partial charge in [0.1, 0.15) is 4.21 Å². The van der Waals surface area contributed by atoms with E-state index in [-0.39, 0.29) is 10.0 Å². The highest BCUT2D eigenvalue weighted by molar-refractivity contribution is 7.94. The van der Waals surface area contributed by atoms with Crippen LogP contribution in [0.25, 0.3) is 11.0 Å². The van der Waals surface area contributed by atoms with Gasteiger partial charge in [-0.25, -0.2) is 18.4 Å². The molecule has 0 amide bonds. The number of anilines is 2. The van der Waals surface area contributed by atoms with Gasteiger partial charge in [-0.1, -0.05) is 48.0 Å². The van der Waals surface area contributed by atoms with Crippen molar-refractivity contribution < 1.29 is 8.42 Å². The highest BCUT2D eigenvalue weighted by atomic mass is 32.2. The molecule has 0 saturated heterocycles. The zero-order valence-electron chi connectivity index (χ0n) is 15.1. The van der Waals surface area contributed by atoms with Gasteiger partial charge < -0.3 is 5.32 Å². The topological polar surface area (TPSA) is 84.0 Å². The number of thiophene rings is 1. The smallest absolute Gasteiger partial charge is 0.272 e. The molecule has 28 heavy (non-hydrogen) atoms. The number of para-hydroxylation sites is 2. The fourth-order valence-corrected chi connectivity index (χ4v) is 4.68. The minimum absolute atomic E-state index is 0.180. The highest BCUT2D eigenvalue weighted by Crippen LogP contribution is 2.26. The van der Waals surface area contributed by atoms with E-state index in [1.807, 2.05) is 49.4 Å². The lowest BCUT2D eigenvalue weighted by molar-refractivity contribution is 0.603. The fourth-order valence-electron chi connectivity index (χ4n) is 2.68. The lowest BCUT2D eigenvalue weighted by Crippen LogP contribution is -2.15. The second-order valence-corrected chi connectivity index (χ2v) is 9.14. The summed E-state index contributed by atoms with van der Waals surface area (Å²) in [5, 5.41) is 4.93. The van der Waals surface area contributed by atoms with Gasteiger partial charge in [0.2, 0.25) is 0 Å². The Kier molecular flexibility index (Phi) is 4.97. The maximum Gasteiger partial charge on any atom is 0.272 e. The fraction of sp³-hybridized carbons (Fsp3) is 0.100. The van der Waals surface area contributed by atoms with Crippen LogP contribution >= 0.6 is 11.3 Å². The maximum absolute atomic E-state index is 12.7. The van der Waals surface area contributed by atoms with E-state index in [4.69, 9.17) is 0 Å². The summed E-state index contributed by atoms with van der Waals surface area (Å²) in [5.74, 6) is 0.568. The molecule has 0 saturated carbocycles. The van der Waals surface area contributed by atoms with Crippen LogP contribution in [0.3, 0.4) is 0 Å². The second-order valence-electron chi connectivity index (χ2n) is 6.29. The average Bonchev–Trinajstić information content (AvgIpc) is 3.23. The summed E-state index contributed by atoms with van der Waals surface area (Å²) in [4.78, 5) is 9.06.